The van der Waals surface area contributed by atoms with Gasteiger partial charge in [0.2, 0.25) is 41.4 Å². The standard InChI is InChI=1S/C38H74N16O9/c1-7-45-31(59)24(11-8-17-46-34(39)40)52-29(57)22-50-33(61)26(13-10-19-48-36(43)44)54-30(58)23-51-32(60)25(12-9-18-47-35(41)42)53-28(56)21-49-27(55)14-15-38(4,5)63-20-16-37(2,3)62-6/h24-26H,7-23H2,1-6H3,(H,45,59)(H,49,55)(H,50,61)(H,51,60)(H,52,57)(H,53,56)(H,54,58)(H4,39,40,46)(H4,41,42,47)(H4,43,44,48)/t24-,25-,26-/m1/s1. The molecule has 3 atom stereocenters. The number of methoxy groups -OCH3 is 1. The lowest BCUT2D eigenvalue weighted by Crippen LogP contribution is -2.54. The molecule has 25 heteroatoms. The molecule has 0 aliphatic carbocycles. The van der Waals surface area contributed by atoms with Crippen LogP contribution in [0.5, 0.6) is 0 Å². The molecule has 0 aromatic carbocycles. The molecular formula is C38H74N16O9. The van der Waals surface area contributed by atoms with E-state index in [2.05, 4.69) is 53.2 Å². The molecule has 0 spiro atoms. The van der Waals surface area contributed by atoms with E-state index in [4.69, 9.17) is 42.9 Å². The number of carbonyl (C=O) groups excluding carboxylic acids is 7. The zero-order valence-electron chi connectivity index (χ0n) is 37.7. The average Bonchev–Trinajstić information content (AvgIpc) is 3.20. The molecule has 0 unspecified atom stereocenters. The maximum absolute atomic E-state index is 13.3. The highest BCUT2D eigenvalue weighted by atomic mass is 16.5. The van der Waals surface area contributed by atoms with Crippen LogP contribution in [0.15, 0.2) is 0 Å². The van der Waals surface area contributed by atoms with Crippen LogP contribution in [0, 0.1) is 16.2 Å². The molecule has 0 aliphatic heterocycles. The van der Waals surface area contributed by atoms with Crippen LogP contribution in [0.2, 0.25) is 0 Å². The van der Waals surface area contributed by atoms with Crippen LogP contribution in [-0.4, -0.2) is 148 Å². The molecule has 360 valence electrons. The fraction of sp³-hybridized carbons (Fsp3) is 0.737. The summed E-state index contributed by atoms with van der Waals surface area (Å²) in [4.78, 5) is 90.4. The predicted molar refractivity (Wildman–Crippen MR) is 236 cm³/mol. The largest absolute Gasteiger partial charge is 0.379 e. The first-order valence-electron chi connectivity index (χ1n) is 20.9. The van der Waals surface area contributed by atoms with Gasteiger partial charge in [0, 0.05) is 39.7 Å². The van der Waals surface area contributed by atoms with Crippen molar-refractivity contribution in [2.24, 2.45) is 17.2 Å². The second kappa shape index (κ2) is 31.0. The summed E-state index contributed by atoms with van der Waals surface area (Å²) in [5.41, 5.74) is 15.0. The second-order valence-electron chi connectivity index (χ2n) is 15.7. The molecule has 63 heavy (non-hydrogen) atoms. The lowest BCUT2D eigenvalue weighted by Gasteiger charge is -2.28. The number of amides is 7. The Morgan fingerprint density at radius 1 is 0.524 bits per heavy atom. The Bertz CT molecular complexity index is 1530. The van der Waals surface area contributed by atoms with Crippen molar-refractivity contribution in [3.05, 3.63) is 0 Å². The Morgan fingerprint density at radius 3 is 1.24 bits per heavy atom. The first kappa shape index (κ1) is 57.0. The number of ether oxygens (including phenoxy) is 2. The van der Waals surface area contributed by atoms with Crippen molar-refractivity contribution in [2.75, 3.05) is 59.5 Å². The monoisotopic (exact) mass is 899 g/mol. The number of hydrogen-bond donors (Lipinski definition) is 16. The summed E-state index contributed by atoms with van der Waals surface area (Å²) in [6.07, 6.45) is 2.32. The molecule has 7 amide bonds. The van der Waals surface area contributed by atoms with Gasteiger partial charge in [0.05, 0.1) is 37.4 Å². The maximum Gasteiger partial charge on any atom is 0.243 e. The fourth-order valence-corrected chi connectivity index (χ4v) is 5.44. The third-order valence-electron chi connectivity index (χ3n) is 9.26. The predicted octanol–water partition coefficient (Wildman–Crippen LogP) is -3.89. The molecular weight excluding hydrogens is 825 g/mol. The number of nitrogens with two attached hydrogens (primary N) is 3. The first-order valence-corrected chi connectivity index (χ1v) is 20.9. The minimum absolute atomic E-state index is 0.0307. The van der Waals surface area contributed by atoms with Crippen LogP contribution in [0.3, 0.4) is 0 Å². The number of likely N-dealkylation sites (N-methyl/N-ethyl adjacent to an activating group) is 1. The van der Waals surface area contributed by atoms with Crippen molar-refractivity contribution in [2.45, 2.75) is 122 Å². The zero-order valence-corrected chi connectivity index (χ0v) is 37.7. The Labute approximate surface area is 369 Å². The third-order valence-corrected chi connectivity index (χ3v) is 9.26. The molecule has 0 bridgehead atoms. The summed E-state index contributed by atoms with van der Waals surface area (Å²) < 4.78 is 11.3. The Kier molecular flexibility index (Phi) is 28.0. The van der Waals surface area contributed by atoms with Crippen molar-refractivity contribution >= 4 is 59.2 Å². The van der Waals surface area contributed by atoms with Gasteiger partial charge in [-0.2, -0.15) is 0 Å². The van der Waals surface area contributed by atoms with Crippen molar-refractivity contribution in [3.8, 4) is 0 Å². The van der Waals surface area contributed by atoms with Crippen molar-refractivity contribution in [1.82, 2.24) is 53.2 Å². The smallest absolute Gasteiger partial charge is 0.243 e. The second-order valence-corrected chi connectivity index (χ2v) is 15.7. The van der Waals surface area contributed by atoms with Gasteiger partial charge >= 0.3 is 0 Å². The van der Waals surface area contributed by atoms with E-state index in [9.17, 15) is 33.6 Å². The van der Waals surface area contributed by atoms with Gasteiger partial charge in [-0.25, -0.2) is 0 Å². The molecule has 0 heterocycles. The van der Waals surface area contributed by atoms with Crippen LogP contribution in [0.4, 0.5) is 0 Å². The minimum Gasteiger partial charge on any atom is -0.379 e. The first-order chi connectivity index (χ1) is 29.5. The lowest BCUT2D eigenvalue weighted by molar-refractivity contribution is -0.132. The minimum atomic E-state index is -1.20. The number of hydrogen-bond acceptors (Lipinski definition) is 12. The molecule has 19 N–H and O–H groups in total. The van der Waals surface area contributed by atoms with E-state index in [1.54, 1.807) is 14.0 Å². The van der Waals surface area contributed by atoms with Crippen LogP contribution >= 0.6 is 0 Å². The van der Waals surface area contributed by atoms with Gasteiger partial charge in [-0.15, -0.1) is 0 Å². The van der Waals surface area contributed by atoms with Gasteiger partial charge in [-0.1, -0.05) is 0 Å². The van der Waals surface area contributed by atoms with E-state index < -0.39 is 84.7 Å². The van der Waals surface area contributed by atoms with E-state index in [1.165, 1.54) is 0 Å². The van der Waals surface area contributed by atoms with Crippen molar-refractivity contribution in [3.63, 3.8) is 0 Å². The number of rotatable bonds is 33. The summed E-state index contributed by atoms with van der Waals surface area (Å²) in [7, 11) is 1.62. The third kappa shape index (κ3) is 29.8. The highest BCUT2D eigenvalue weighted by Crippen LogP contribution is 2.20. The zero-order chi connectivity index (χ0) is 48.0. The SMILES string of the molecule is CCNC(=O)[C@@H](CCCNC(=N)N)NC(=O)CNC(=O)[C@@H](CCCNC(=N)N)NC(=O)CNC(=O)[C@@H](CCCNC(=N)N)NC(=O)CNC(=O)CCC(C)(C)OCCC(C)(C)OC. The van der Waals surface area contributed by atoms with E-state index in [1.807, 2.05) is 27.7 Å². The van der Waals surface area contributed by atoms with Gasteiger partial charge in [0.25, 0.3) is 0 Å². The molecule has 0 aliphatic rings. The molecule has 0 rings (SSSR count). The normalized spacial score (nSPS) is 12.5. The summed E-state index contributed by atoms with van der Waals surface area (Å²) in [5.74, 6) is -5.32. The topological polar surface area (TPSA) is 408 Å². The molecule has 0 saturated carbocycles. The van der Waals surface area contributed by atoms with Gasteiger partial charge in [0.1, 0.15) is 18.1 Å². The average molecular weight is 899 g/mol. The van der Waals surface area contributed by atoms with Gasteiger partial charge in [-0.05, 0) is 86.0 Å². The maximum atomic E-state index is 13.3. The Balaban J connectivity index is 5.49. The summed E-state index contributed by atoms with van der Waals surface area (Å²) in [5, 5.41) is 47.5. The fourth-order valence-electron chi connectivity index (χ4n) is 5.44. The Morgan fingerprint density at radius 2 is 0.889 bits per heavy atom. The number of carbonyl (C=O) groups is 7. The Hall–Kier alpha value is -5.98. The van der Waals surface area contributed by atoms with E-state index in [0.717, 1.165) is 0 Å². The van der Waals surface area contributed by atoms with Crippen molar-refractivity contribution < 1.29 is 43.0 Å². The van der Waals surface area contributed by atoms with Crippen LogP contribution in [0.25, 0.3) is 0 Å². The quantitative estimate of drug-likeness (QED) is 0.0170. The lowest BCUT2D eigenvalue weighted by atomic mass is 10.0. The molecule has 25 nitrogen and oxygen atoms in total. The molecule has 0 radical (unpaired) electrons. The highest BCUT2D eigenvalue weighted by Gasteiger charge is 2.27. The van der Waals surface area contributed by atoms with E-state index >= 15 is 0 Å². The molecule has 0 saturated heterocycles. The van der Waals surface area contributed by atoms with Gasteiger partial charge in [0.15, 0.2) is 17.9 Å². The highest BCUT2D eigenvalue weighted by molar-refractivity contribution is 5.95. The van der Waals surface area contributed by atoms with Crippen molar-refractivity contribution in [1.29, 1.82) is 16.2 Å². The van der Waals surface area contributed by atoms with E-state index in [-0.39, 0.29) is 81.6 Å². The van der Waals surface area contributed by atoms with Crippen LogP contribution in [0.1, 0.15) is 92.4 Å². The molecule has 0 aromatic rings. The summed E-state index contributed by atoms with van der Waals surface area (Å²) >= 11 is 0. The molecule has 0 aromatic heterocycles. The summed E-state index contributed by atoms with van der Waals surface area (Å²) in [6, 6.07) is -3.31. The number of nitrogens with one attached hydrogen (secondary N) is 13. The van der Waals surface area contributed by atoms with Crippen LogP contribution < -0.4 is 70.4 Å². The van der Waals surface area contributed by atoms with Gasteiger partial charge < -0.3 is 79.8 Å². The number of guanidine groups is 3. The van der Waals surface area contributed by atoms with Crippen LogP contribution in [-0.2, 0) is 43.0 Å². The molecule has 0 fully saturated rings. The summed E-state index contributed by atoms with van der Waals surface area (Å²) in [6.45, 7) is 9.13. The van der Waals surface area contributed by atoms with Gasteiger partial charge in [-0.3, -0.25) is 49.8 Å². The van der Waals surface area contributed by atoms with E-state index in [0.29, 0.717) is 32.4 Å².